The summed E-state index contributed by atoms with van der Waals surface area (Å²) in [5.41, 5.74) is 4.09. The van der Waals surface area contributed by atoms with Crippen molar-refractivity contribution in [3.05, 3.63) is 53.1 Å². The van der Waals surface area contributed by atoms with E-state index in [-0.39, 0.29) is 18.3 Å². The van der Waals surface area contributed by atoms with Crippen molar-refractivity contribution >= 4 is 56.8 Å². The van der Waals surface area contributed by atoms with Gasteiger partial charge in [-0.2, -0.15) is 0 Å². The van der Waals surface area contributed by atoms with Crippen molar-refractivity contribution in [2.24, 2.45) is 0 Å². The Hall–Kier alpha value is -1.60. The maximum absolute atomic E-state index is 13.5. The van der Waals surface area contributed by atoms with Gasteiger partial charge in [0.05, 0.1) is 10.2 Å². The lowest BCUT2D eigenvalue weighted by Gasteiger charge is -2.24. The molecule has 1 aromatic heterocycles. The van der Waals surface area contributed by atoms with Crippen molar-refractivity contribution in [1.82, 2.24) is 9.88 Å². The molecule has 0 aliphatic heterocycles. The molecule has 0 atom stereocenters. The van der Waals surface area contributed by atoms with Crippen LogP contribution >= 0.6 is 35.5 Å². The normalized spacial score (nSPS) is 11.0. The fraction of sp³-hybridized carbons (Fsp3) is 0.417. The summed E-state index contributed by atoms with van der Waals surface area (Å²) < 4.78 is 1.14. The number of carbonyl (C=O) groups is 1. The second-order valence-electron chi connectivity index (χ2n) is 7.37. The monoisotopic (exact) mass is 477 g/mol. The first kappa shape index (κ1) is 25.7. The van der Waals surface area contributed by atoms with E-state index >= 15 is 0 Å². The van der Waals surface area contributed by atoms with Gasteiger partial charge >= 0.3 is 0 Å². The van der Waals surface area contributed by atoms with Crippen LogP contribution in [0.15, 0.2) is 41.3 Å². The van der Waals surface area contributed by atoms with E-state index in [1.165, 1.54) is 10.5 Å². The molecule has 0 N–H and O–H groups in total. The number of nitrogens with zero attached hydrogens (tertiary/aromatic N) is 3. The van der Waals surface area contributed by atoms with Crippen LogP contribution in [0.25, 0.3) is 10.2 Å². The number of carbonyl (C=O) groups excluding carboxylic acids is 1. The third-order valence-electron chi connectivity index (χ3n) is 5.24. The Morgan fingerprint density at radius 2 is 1.71 bits per heavy atom. The van der Waals surface area contributed by atoms with E-state index in [0.717, 1.165) is 46.3 Å². The van der Waals surface area contributed by atoms with Gasteiger partial charge in [-0.05, 0) is 74.1 Å². The molecule has 1 amide bonds. The van der Waals surface area contributed by atoms with Gasteiger partial charge in [-0.3, -0.25) is 9.69 Å². The van der Waals surface area contributed by atoms with Crippen molar-refractivity contribution in [3.8, 4) is 0 Å². The molecule has 2 aromatic carbocycles. The summed E-state index contributed by atoms with van der Waals surface area (Å²) in [4.78, 5) is 23.8. The van der Waals surface area contributed by atoms with Crippen LogP contribution in [0.5, 0.6) is 0 Å². The Morgan fingerprint density at radius 3 is 2.32 bits per heavy atom. The number of likely N-dealkylation sites (N-methyl/N-ethyl adjacent to an activating group) is 1. The van der Waals surface area contributed by atoms with Crippen LogP contribution in [0.2, 0.25) is 0 Å². The number of fused-ring (bicyclic) bond motifs is 1. The fourth-order valence-corrected chi connectivity index (χ4v) is 5.38. The summed E-state index contributed by atoms with van der Waals surface area (Å²) >= 11 is 3.39. The van der Waals surface area contributed by atoms with E-state index in [4.69, 9.17) is 4.98 Å². The number of aromatic nitrogens is 1. The molecule has 3 aromatic rings. The molecular weight excluding hydrogens is 446 g/mol. The van der Waals surface area contributed by atoms with Crippen molar-refractivity contribution < 1.29 is 4.79 Å². The maximum atomic E-state index is 13.5. The van der Waals surface area contributed by atoms with Crippen LogP contribution in [0.1, 0.15) is 42.3 Å². The zero-order chi connectivity index (χ0) is 21.7. The number of anilines is 1. The first-order valence-corrected chi connectivity index (χ1v) is 12.4. The van der Waals surface area contributed by atoms with Crippen LogP contribution in [-0.2, 0) is 0 Å². The van der Waals surface area contributed by atoms with Crippen LogP contribution in [0.3, 0.4) is 0 Å². The van der Waals surface area contributed by atoms with E-state index in [1.807, 2.05) is 29.2 Å². The predicted octanol–water partition coefficient (Wildman–Crippen LogP) is 6.44. The van der Waals surface area contributed by atoms with Crippen LogP contribution in [0, 0.1) is 13.8 Å². The van der Waals surface area contributed by atoms with Gasteiger partial charge in [0.1, 0.15) is 0 Å². The van der Waals surface area contributed by atoms with Crippen molar-refractivity contribution in [2.75, 3.05) is 36.8 Å². The molecular formula is C24H32ClN3OS2. The Morgan fingerprint density at radius 1 is 1.03 bits per heavy atom. The molecule has 0 aliphatic rings. The van der Waals surface area contributed by atoms with E-state index in [0.29, 0.717) is 12.1 Å². The van der Waals surface area contributed by atoms with Crippen LogP contribution in [-0.4, -0.2) is 47.7 Å². The van der Waals surface area contributed by atoms with Gasteiger partial charge < -0.3 is 4.90 Å². The lowest BCUT2D eigenvalue weighted by Crippen LogP contribution is -2.38. The molecule has 0 radical (unpaired) electrons. The summed E-state index contributed by atoms with van der Waals surface area (Å²) in [7, 11) is 0. The summed E-state index contributed by atoms with van der Waals surface area (Å²) in [6, 6.07) is 12.3. The summed E-state index contributed by atoms with van der Waals surface area (Å²) in [5.74, 6) is 1.04. The average Bonchev–Trinajstić information content (AvgIpc) is 3.16. The van der Waals surface area contributed by atoms with Crippen molar-refractivity contribution in [3.63, 3.8) is 0 Å². The number of thioether (sulfide) groups is 1. The number of benzene rings is 2. The number of aryl methyl sites for hydroxylation is 2. The smallest absolute Gasteiger partial charge is 0.260 e. The van der Waals surface area contributed by atoms with E-state index in [9.17, 15) is 4.79 Å². The number of rotatable bonds is 9. The Bertz CT molecular complexity index is 1000. The Balaban J connectivity index is 0.00000341. The number of halogens is 1. The maximum Gasteiger partial charge on any atom is 0.260 e. The van der Waals surface area contributed by atoms with Crippen LogP contribution in [0.4, 0.5) is 5.13 Å². The first-order chi connectivity index (χ1) is 14.5. The highest BCUT2D eigenvalue weighted by molar-refractivity contribution is 7.99. The highest BCUT2D eigenvalue weighted by atomic mass is 35.5. The molecule has 1 heterocycles. The first-order valence-electron chi connectivity index (χ1n) is 10.6. The summed E-state index contributed by atoms with van der Waals surface area (Å²) in [6.07, 6.45) is 0. The quantitative estimate of drug-likeness (QED) is 0.332. The summed E-state index contributed by atoms with van der Waals surface area (Å²) in [6.45, 7) is 14.0. The molecule has 4 nitrogen and oxygen atoms in total. The minimum absolute atomic E-state index is 0. The lowest BCUT2D eigenvalue weighted by molar-refractivity contribution is 0.0983. The molecule has 168 valence electrons. The van der Waals surface area contributed by atoms with Gasteiger partial charge in [0, 0.05) is 23.5 Å². The van der Waals surface area contributed by atoms with E-state index in [2.05, 4.69) is 51.7 Å². The molecule has 0 unspecified atom stereocenters. The molecule has 31 heavy (non-hydrogen) atoms. The Labute approximate surface area is 200 Å². The molecule has 3 rings (SSSR count). The Kier molecular flexibility index (Phi) is 9.82. The molecule has 0 saturated heterocycles. The van der Waals surface area contributed by atoms with E-state index in [1.54, 1.807) is 23.1 Å². The van der Waals surface area contributed by atoms with Crippen molar-refractivity contribution in [2.45, 2.75) is 39.5 Å². The van der Waals surface area contributed by atoms with Gasteiger partial charge in [-0.15, -0.1) is 24.2 Å². The minimum atomic E-state index is 0. The third-order valence-corrected chi connectivity index (χ3v) is 7.16. The average molecular weight is 478 g/mol. The van der Waals surface area contributed by atoms with E-state index < -0.39 is 0 Å². The molecule has 0 bridgehead atoms. The zero-order valence-corrected chi connectivity index (χ0v) is 21.4. The van der Waals surface area contributed by atoms with Gasteiger partial charge in [0.25, 0.3) is 5.91 Å². The second kappa shape index (κ2) is 11.9. The minimum Gasteiger partial charge on any atom is -0.302 e. The topological polar surface area (TPSA) is 36.4 Å². The SMILES string of the molecule is CCSc1ccc(C(=O)N(CCN(CC)CC)c2nc3c(C)cc(C)cc3s2)cc1.Cl. The van der Waals surface area contributed by atoms with Gasteiger partial charge in [0.2, 0.25) is 0 Å². The van der Waals surface area contributed by atoms with Gasteiger partial charge in [-0.1, -0.05) is 38.2 Å². The molecule has 0 saturated carbocycles. The zero-order valence-electron chi connectivity index (χ0n) is 19.0. The molecule has 0 aliphatic carbocycles. The highest BCUT2D eigenvalue weighted by Gasteiger charge is 2.22. The molecule has 0 spiro atoms. The van der Waals surface area contributed by atoms with Crippen LogP contribution < -0.4 is 4.90 Å². The largest absolute Gasteiger partial charge is 0.302 e. The second-order valence-corrected chi connectivity index (χ2v) is 9.71. The number of amides is 1. The molecule has 0 fully saturated rings. The fourth-order valence-electron chi connectivity index (χ4n) is 3.56. The lowest BCUT2D eigenvalue weighted by atomic mass is 10.1. The standard InChI is InChI=1S/C24H31N3OS2.ClH/c1-6-26(7-2)13-14-27(23(28)19-9-11-20(12-10-19)29-8-3)24-25-22-18(5)15-17(4)16-21(22)30-24;/h9-12,15-16H,6-8,13-14H2,1-5H3;1H. The number of hydrogen-bond donors (Lipinski definition) is 0. The van der Waals surface area contributed by atoms with Crippen molar-refractivity contribution in [1.29, 1.82) is 0 Å². The highest BCUT2D eigenvalue weighted by Crippen LogP contribution is 2.32. The number of hydrogen-bond acceptors (Lipinski definition) is 5. The van der Waals surface area contributed by atoms with Gasteiger partial charge in [0.15, 0.2) is 5.13 Å². The third kappa shape index (κ3) is 6.22. The summed E-state index contributed by atoms with van der Waals surface area (Å²) in [5, 5.41) is 0.780. The van der Waals surface area contributed by atoms with Gasteiger partial charge in [-0.25, -0.2) is 4.98 Å². The molecule has 7 heteroatoms. The number of thiazole rings is 1. The predicted molar refractivity (Wildman–Crippen MR) is 139 cm³/mol.